The fourth-order valence-electron chi connectivity index (χ4n) is 2.53. The summed E-state index contributed by atoms with van der Waals surface area (Å²) in [6, 6.07) is 3.85. The minimum absolute atomic E-state index is 0.0738. The highest BCUT2D eigenvalue weighted by molar-refractivity contribution is 7.13. The maximum Gasteiger partial charge on any atom is 0.280 e. The van der Waals surface area contributed by atoms with Gasteiger partial charge >= 0.3 is 0 Å². The summed E-state index contributed by atoms with van der Waals surface area (Å²) in [4.78, 5) is 17.1. The van der Waals surface area contributed by atoms with E-state index < -0.39 is 0 Å². The Kier molecular flexibility index (Phi) is 4.53. The predicted molar refractivity (Wildman–Crippen MR) is 88.6 cm³/mol. The first-order valence-electron chi connectivity index (χ1n) is 7.97. The number of hydrogen-bond donors (Lipinski definition) is 1. The van der Waals surface area contributed by atoms with E-state index >= 15 is 0 Å². The van der Waals surface area contributed by atoms with E-state index in [-0.39, 0.29) is 12.0 Å². The van der Waals surface area contributed by atoms with Crippen LogP contribution >= 0.6 is 11.3 Å². The van der Waals surface area contributed by atoms with Crippen LogP contribution in [0, 0.1) is 0 Å². The second kappa shape index (κ2) is 7.11. The van der Waals surface area contributed by atoms with Crippen LogP contribution in [0.1, 0.15) is 12.8 Å². The molecule has 10 heteroatoms. The molecule has 4 heterocycles. The molecule has 0 aliphatic carbocycles. The maximum atomic E-state index is 11.9. The van der Waals surface area contributed by atoms with Crippen molar-refractivity contribution in [1.82, 2.24) is 30.5 Å². The molecule has 1 N–H and O–H groups in total. The zero-order chi connectivity index (χ0) is 17.1. The lowest BCUT2D eigenvalue weighted by Crippen LogP contribution is -2.36. The van der Waals surface area contributed by atoms with E-state index in [0.717, 1.165) is 17.7 Å². The summed E-state index contributed by atoms with van der Waals surface area (Å²) in [5.74, 6) is 0.775. The van der Waals surface area contributed by atoms with E-state index in [9.17, 15) is 4.79 Å². The van der Waals surface area contributed by atoms with Gasteiger partial charge in [0.25, 0.3) is 5.89 Å². The van der Waals surface area contributed by atoms with Gasteiger partial charge < -0.3 is 14.6 Å². The van der Waals surface area contributed by atoms with Crippen molar-refractivity contribution >= 4 is 17.2 Å². The minimum Gasteiger partial charge on any atom is -0.368 e. The lowest BCUT2D eigenvalue weighted by molar-refractivity contribution is -0.130. The van der Waals surface area contributed by atoms with E-state index in [1.807, 2.05) is 17.5 Å². The predicted octanol–water partition coefficient (Wildman–Crippen LogP) is 1.35. The fraction of sp³-hybridized carbons (Fsp3) is 0.400. The van der Waals surface area contributed by atoms with Gasteiger partial charge in [0.15, 0.2) is 5.69 Å². The first kappa shape index (κ1) is 15.9. The second-order valence-electron chi connectivity index (χ2n) is 5.56. The van der Waals surface area contributed by atoms with Crippen LogP contribution in [-0.2, 0) is 16.1 Å². The summed E-state index contributed by atoms with van der Waals surface area (Å²) in [5.41, 5.74) is 0.501. The molecule has 0 bridgehead atoms. The molecule has 1 aliphatic rings. The number of carbonyl (C=O) groups is 1. The van der Waals surface area contributed by atoms with Crippen LogP contribution in [0.15, 0.2) is 28.2 Å². The second-order valence-corrected chi connectivity index (χ2v) is 6.51. The Morgan fingerprint density at radius 3 is 3.24 bits per heavy atom. The van der Waals surface area contributed by atoms with Gasteiger partial charge in [-0.25, -0.2) is 4.68 Å². The third-order valence-corrected chi connectivity index (χ3v) is 4.65. The minimum atomic E-state index is -0.319. The molecule has 3 aromatic rings. The summed E-state index contributed by atoms with van der Waals surface area (Å²) >= 11 is 1.54. The van der Waals surface area contributed by atoms with Gasteiger partial charge in [-0.1, -0.05) is 16.4 Å². The number of aromatic nitrogens is 5. The highest BCUT2D eigenvalue weighted by atomic mass is 32.1. The molecule has 1 atom stereocenters. The summed E-state index contributed by atoms with van der Waals surface area (Å²) < 4.78 is 12.2. The molecule has 0 radical (unpaired) electrons. The van der Waals surface area contributed by atoms with Crippen molar-refractivity contribution in [3.8, 4) is 22.3 Å². The fourth-order valence-corrected chi connectivity index (χ4v) is 3.18. The number of amides is 1. The number of ether oxygens (including phenoxy) is 1. The van der Waals surface area contributed by atoms with Gasteiger partial charge in [0.05, 0.1) is 17.6 Å². The van der Waals surface area contributed by atoms with Gasteiger partial charge in [0, 0.05) is 13.2 Å². The topological polar surface area (TPSA) is 108 Å². The average Bonchev–Trinajstić information content (AvgIpc) is 3.42. The summed E-state index contributed by atoms with van der Waals surface area (Å²) in [5, 5.41) is 16.8. The van der Waals surface area contributed by atoms with Crippen LogP contribution in [0.2, 0.25) is 0 Å². The summed E-state index contributed by atoms with van der Waals surface area (Å²) in [6.07, 6.45) is 3.11. The van der Waals surface area contributed by atoms with E-state index in [2.05, 4.69) is 25.8 Å². The van der Waals surface area contributed by atoms with Crippen molar-refractivity contribution in [3.63, 3.8) is 0 Å². The van der Waals surface area contributed by atoms with Crippen LogP contribution in [0.25, 0.3) is 22.3 Å². The smallest absolute Gasteiger partial charge is 0.280 e. The third-order valence-electron chi connectivity index (χ3n) is 3.79. The molecule has 0 aromatic carbocycles. The van der Waals surface area contributed by atoms with Crippen LogP contribution in [0.4, 0.5) is 0 Å². The molecule has 1 saturated heterocycles. The Balaban J connectivity index is 1.33. The molecule has 1 aliphatic heterocycles. The van der Waals surface area contributed by atoms with Crippen LogP contribution < -0.4 is 5.32 Å². The van der Waals surface area contributed by atoms with Crippen molar-refractivity contribution in [2.24, 2.45) is 0 Å². The van der Waals surface area contributed by atoms with Gasteiger partial charge in [-0.15, -0.1) is 16.4 Å². The Morgan fingerprint density at radius 2 is 2.44 bits per heavy atom. The lowest BCUT2D eigenvalue weighted by atomic mass is 10.2. The van der Waals surface area contributed by atoms with E-state index in [1.54, 1.807) is 10.9 Å². The number of thiophene rings is 1. The molecule has 0 spiro atoms. The van der Waals surface area contributed by atoms with Crippen molar-refractivity contribution in [2.75, 3.05) is 13.2 Å². The summed E-state index contributed by atoms with van der Waals surface area (Å²) in [7, 11) is 0. The molecule has 0 saturated carbocycles. The first-order valence-corrected chi connectivity index (χ1v) is 8.85. The molecular formula is C15H16N6O3S. The normalized spacial score (nSPS) is 17.0. The number of carbonyl (C=O) groups excluding carboxylic acids is 1. The van der Waals surface area contributed by atoms with Gasteiger partial charge in [-0.3, -0.25) is 4.79 Å². The molecule has 0 unspecified atom stereocenters. The number of hydrogen-bond acceptors (Lipinski definition) is 8. The molecule has 130 valence electrons. The van der Waals surface area contributed by atoms with Crippen LogP contribution in [0.5, 0.6) is 0 Å². The SMILES string of the molecule is O=C(NCCn1cc(-c2nc(-c3cccs3)no2)nn1)[C@H]1CCCO1. The van der Waals surface area contributed by atoms with Gasteiger partial charge in [-0.2, -0.15) is 4.98 Å². The van der Waals surface area contributed by atoms with Crippen molar-refractivity contribution in [1.29, 1.82) is 0 Å². The van der Waals surface area contributed by atoms with Gasteiger partial charge in [0.2, 0.25) is 11.7 Å². The standard InChI is InChI=1S/C15H16N6O3S/c22-14(11-3-1-7-23-11)16-5-6-21-9-10(18-20-21)15-17-13(19-24-15)12-4-2-8-25-12/h2,4,8-9,11H,1,3,5-7H2,(H,16,22)/t11-/m1/s1. The number of nitrogens with zero attached hydrogens (tertiary/aromatic N) is 5. The molecule has 9 nitrogen and oxygen atoms in total. The molecule has 1 fully saturated rings. The Labute approximate surface area is 147 Å². The Bertz CT molecular complexity index is 837. The van der Waals surface area contributed by atoms with Crippen molar-refractivity contribution < 1.29 is 14.1 Å². The average molecular weight is 360 g/mol. The molecule has 1 amide bonds. The summed E-state index contributed by atoms with van der Waals surface area (Å²) in [6.45, 7) is 1.60. The van der Waals surface area contributed by atoms with Crippen molar-refractivity contribution in [3.05, 3.63) is 23.7 Å². The number of rotatable bonds is 6. The monoisotopic (exact) mass is 360 g/mol. The zero-order valence-corrected chi connectivity index (χ0v) is 14.1. The van der Waals surface area contributed by atoms with E-state index in [4.69, 9.17) is 9.26 Å². The Hall–Kier alpha value is -2.59. The zero-order valence-electron chi connectivity index (χ0n) is 13.3. The molecular weight excluding hydrogens is 344 g/mol. The quantitative estimate of drug-likeness (QED) is 0.707. The maximum absolute atomic E-state index is 11.9. The van der Waals surface area contributed by atoms with E-state index in [1.165, 1.54) is 11.3 Å². The largest absolute Gasteiger partial charge is 0.368 e. The molecule has 4 rings (SSSR count). The van der Waals surface area contributed by atoms with Gasteiger partial charge in [0.1, 0.15) is 6.10 Å². The molecule has 25 heavy (non-hydrogen) atoms. The van der Waals surface area contributed by atoms with Crippen LogP contribution in [0.3, 0.4) is 0 Å². The van der Waals surface area contributed by atoms with Crippen molar-refractivity contribution in [2.45, 2.75) is 25.5 Å². The number of nitrogens with one attached hydrogen (secondary N) is 1. The van der Waals surface area contributed by atoms with E-state index in [0.29, 0.717) is 37.1 Å². The van der Waals surface area contributed by atoms with Crippen LogP contribution in [-0.4, -0.2) is 50.3 Å². The lowest BCUT2D eigenvalue weighted by Gasteiger charge is -2.09. The Morgan fingerprint density at radius 1 is 1.48 bits per heavy atom. The highest BCUT2D eigenvalue weighted by Gasteiger charge is 2.23. The van der Waals surface area contributed by atoms with Gasteiger partial charge in [-0.05, 0) is 24.3 Å². The molecule has 3 aromatic heterocycles. The third kappa shape index (κ3) is 3.59. The first-order chi connectivity index (χ1) is 12.3. The highest BCUT2D eigenvalue weighted by Crippen LogP contribution is 2.24.